The summed E-state index contributed by atoms with van der Waals surface area (Å²) in [5, 5.41) is 4.34. The third-order valence-corrected chi connectivity index (χ3v) is 3.52. The summed E-state index contributed by atoms with van der Waals surface area (Å²) in [6, 6.07) is 0.659. The summed E-state index contributed by atoms with van der Waals surface area (Å²) in [6.45, 7) is 8.95. The highest BCUT2D eigenvalue weighted by molar-refractivity contribution is 7.80. The molecule has 1 fully saturated rings. The zero-order valence-corrected chi connectivity index (χ0v) is 11.1. The van der Waals surface area contributed by atoms with Crippen molar-refractivity contribution in [3.05, 3.63) is 0 Å². The van der Waals surface area contributed by atoms with Gasteiger partial charge in [-0.25, -0.2) is 0 Å². The molecule has 1 atom stereocenters. The van der Waals surface area contributed by atoms with Gasteiger partial charge >= 0.3 is 0 Å². The number of hydrogen-bond acceptors (Lipinski definition) is 1. The Hall–Kier alpha value is -0.310. The molecule has 0 bridgehead atoms. The van der Waals surface area contributed by atoms with Crippen molar-refractivity contribution in [1.29, 1.82) is 0 Å². The van der Waals surface area contributed by atoms with E-state index >= 15 is 0 Å². The van der Waals surface area contributed by atoms with Gasteiger partial charge in [0.15, 0.2) is 5.11 Å². The first kappa shape index (κ1) is 12.8. The lowest BCUT2D eigenvalue weighted by atomic mass is 10.0. The van der Waals surface area contributed by atoms with Crippen LogP contribution in [0.3, 0.4) is 0 Å². The molecule has 15 heavy (non-hydrogen) atoms. The quantitative estimate of drug-likeness (QED) is 0.588. The molecule has 0 aromatic carbocycles. The minimum absolute atomic E-state index is 0.659. The maximum Gasteiger partial charge on any atom is 0.169 e. The molecule has 0 spiro atoms. The average Bonchev–Trinajstić information content (AvgIpc) is 2.66. The third-order valence-electron chi connectivity index (χ3n) is 3.14. The SMILES string of the molecule is CCCCNC(=S)N1CCCC1C(C)C. The van der Waals surface area contributed by atoms with E-state index in [4.69, 9.17) is 12.2 Å². The third kappa shape index (κ3) is 3.63. The van der Waals surface area contributed by atoms with E-state index in [9.17, 15) is 0 Å². The highest BCUT2D eigenvalue weighted by atomic mass is 32.1. The fourth-order valence-electron chi connectivity index (χ4n) is 2.21. The number of thiocarbonyl (C=S) groups is 1. The molecule has 0 aliphatic carbocycles. The van der Waals surface area contributed by atoms with Crippen LogP contribution in [0.1, 0.15) is 46.5 Å². The minimum atomic E-state index is 0.659. The highest BCUT2D eigenvalue weighted by Crippen LogP contribution is 2.23. The molecule has 0 saturated carbocycles. The molecule has 3 heteroatoms. The lowest BCUT2D eigenvalue weighted by Gasteiger charge is -2.30. The zero-order valence-electron chi connectivity index (χ0n) is 10.3. The summed E-state index contributed by atoms with van der Waals surface area (Å²) in [5.41, 5.74) is 0. The van der Waals surface area contributed by atoms with E-state index in [0.29, 0.717) is 12.0 Å². The van der Waals surface area contributed by atoms with Crippen molar-refractivity contribution in [2.45, 2.75) is 52.5 Å². The molecule has 1 heterocycles. The van der Waals surface area contributed by atoms with Gasteiger partial charge in [0.1, 0.15) is 0 Å². The molecule has 1 rings (SSSR count). The second-order valence-electron chi connectivity index (χ2n) is 4.73. The maximum atomic E-state index is 5.44. The Kier molecular flexibility index (Phi) is 5.37. The van der Waals surface area contributed by atoms with Crippen LogP contribution in [0, 0.1) is 5.92 Å². The van der Waals surface area contributed by atoms with Crippen LogP contribution >= 0.6 is 12.2 Å². The first-order valence-corrected chi connectivity index (χ1v) is 6.62. The second-order valence-corrected chi connectivity index (χ2v) is 5.12. The van der Waals surface area contributed by atoms with Gasteiger partial charge < -0.3 is 10.2 Å². The van der Waals surface area contributed by atoms with Gasteiger partial charge in [-0.15, -0.1) is 0 Å². The van der Waals surface area contributed by atoms with Crippen LogP contribution in [-0.4, -0.2) is 29.1 Å². The first-order valence-electron chi connectivity index (χ1n) is 6.21. The maximum absolute atomic E-state index is 5.44. The summed E-state index contributed by atoms with van der Waals surface area (Å²) in [6.07, 6.45) is 5.02. The molecule has 1 aliphatic heterocycles. The number of nitrogens with one attached hydrogen (secondary N) is 1. The van der Waals surface area contributed by atoms with Gasteiger partial charge in [-0.2, -0.15) is 0 Å². The normalized spacial score (nSPS) is 21.1. The number of rotatable bonds is 4. The van der Waals surface area contributed by atoms with Crippen molar-refractivity contribution in [2.24, 2.45) is 5.92 Å². The molecule has 88 valence electrons. The van der Waals surface area contributed by atoms with E-state index in [1.54, 1.807) is 0 Å². The van der Waals surface area contributed by atoms with Gasteiger partial charge in [0.05, 0.1) is 0 Å². The molecule has 0 radical (unpaired) electrons. The van der Waals surface area contributed by atoms with Gasteiger partial charge in [0.25, 0.3) is 0 Å². The molecule has 0 aromatic heterocycles. The van der Waals surface area contributed by atoms with Crippen LogP contribution in [0.4, 0.5) is 0 Å². The van der Waals surface area contributed by atoms with E-state index in [0.717, 1.165) is 18.2 Å². The summed E-state index contributed by atoms with van der Waals surface area (Å²) < 4.78 is 0. The van der Waals surface area contributed by atoms with E-state index < -0.39 is 0 Å². The van der Waals surface area contributed by atoms with Gasteiger partial charge in [-0.1, -0.05) is 27.2 Å². The molecule has 1 unspecified atom stereocenters. The smallest absolute Gasteiger partial charge is 0.169 e. The van der Waals surface area contributed by atoms with Crippen LogP contribution in [0.15, 0.2) is 0 Å². The number of nitrogens with zero attached hydrogens (tertiary/aromatic N) is 1. The van der Waals surface area contributed by atoms with Crippen LogP contribution in [0.25, 0.3) is 0 Å². The van der Waals surface area contributed by atoms with E-state index in [1.807, 2.05) is 0 Å². The van der Waals surface area contributed by atoms with E-state index in [-0.39, 0.29) is 0 Å². The molecule has 1 aliphatic rings. The summed E-state index contributed by atoms with van der Waals surface area (Å²) in [5.74, 6) is 0.707. The molecular weight excluding hydrogens is 204 g/mol. The molecule has 0 amide bonds. The van der Waals surface area contributed by atoms with Crippen molar-refractivity contribution in [3.8, 4) is 0 Å². The number of likely N-dealkylation sites (tertiary alicyclic amines) is 1. The largest absolute Gasteiger partial charge is 0.363 e. The van der Waals surface area contributed by atoms with Crippen molar-refractivity contribution < 1.29 is 0 Å². The fourth-order valence-corrected chi connectivity index (χ4v) is 2.54. The Morgan fingerprint density at radius 1 is 1.53 bits per heavy atom. The van der Waals surface area contributed by atoms with Crippen molar-refractivity contribution >= 4 is 17.3 Å². The zero-order chi connectivity index (χ0) is 11.3. The monoisotopic (exact) mass is 228 g/mol. The second kappa shape index (κ2) is 6.31. The topological polar surface area (TPSA) is 15.3 Å². The predicted octanol–water partition coefficient (Wildman–Crippen LogP) is 2.78. The summed E-state index contributed by atoms with van der Waals surface area (Å²) >= 11 is 5.44. The molecular formula is C12H24N2S. The lowest BCUT2D eigenvalue weighted by molar-refractivity contribution is 0.305. The number of hydrogen-bond donors (Lipinski definition) is 1. The minimum Gasteiger partial charge on any atom is -0.363 e. The Bertz CT molecular complexity index is 204. The van der Waals surface area contributed by atoms with Gasteiger partial charge in [-0.3, -0.25) is 0 Å². The molecule has 1 N–H and O–H groups in total. The Morgan fingerprint density at radius 2 is 2.27 bits per heavy atom. The van der Waals surface area contributed by atoms with Crippen molar-refractivity contribution in [2.75, 3.05) is 13.1 Å². The van der Waals surface area contributed by atoms with Crippen molar-refractivity contribution in [1.82, 2.24) is 10.2 Å². The molecule has 2 nitrogen and oxygen atoms in total. The Balaban J connectivity index is 2.37. The van der Waals surface area contributed by atoms with Crippen LogP contribution in [0.2, 0.25) is 0 Å². The van der Waals surface area contributed by atoms with Gasteiger partial charge in [0.2, 0.25) is 0 Å². The predicted molar refractivity (Wildman–Crippen MR) is 70.1 cm³/mol. The van der Waals surface area contributed by atoms with Gasteiger partial charge in [-0.05, 0) is 37.4 Å². The fraction of sp³-hybridized carbons (Fsp3) is 0.917. The number of unbranched alkanes of at least 4 members (excludes halogenated alkanes) is 1. The van der Waals surface area contributed by atoms with Crippen LogP contribution in [-0.2, 0) is 0 Å². The van der Waals surface area contributed by atoms with Gasteiger partial charge in [0, 0.05) is 19.1 Å². The van der Waals surface area contributed by atoms with E-state index in [2.05, 4.69) is 31.0 Å². The standard InChI is InChI=1S/C12H24N2S/c1-4-5-8-13-12(15)14-9-6-7-11(14)10(2)3/h10-11H,4-9H2,1-3H3,(H,13,15). The van der Waals surface area contributed by atoms with Crippen molar-refractivity contribution in [3.63, 3.8) is 0 Å². The Morgan fingerprint density at radius 3 is 2.87 bits per heavy atom. The highest BCUT2D eigenvalue weighted by Gasteiger charge is 2.28. The molecule has 1 saturated heterocycles. The lowest BCUT2D eigenvalue weighted by Crippen LogP contribution is -2.44. The van der Waals surface area contributed by atoms with Crippen LogP contribution < -0.4 is 5.32 Å². The van der Waals surface area contributed by atoms with E-state index in [1.165, 1.54) is 25.7 Å². The average molecular weight is 228 g/mol. The van der Waals surface area contributed by atoms with Crippen LogP contribution in [0.5, 0.6) is 0 Å². The summed E-state index contributed by atoms with van der Waals surface area (Å²) in [4.78, 5) is 2.38. The first-order chi connectivity index (χ1) is 7.16. The Labute approximate surface area is 99.4 Å². The summed E-state index contributed by atoms with van der Waals surface area (Å²) in [7, 11) is 0. The molecule has 0 aromatic rings.